The number of hydrogen-bond donors (Lipinski definition) is 0. The number of rotatable bonds is 5. The summed E-state index contributed by atoms with van der Waals surface area (Å²) in [5.41, 5.74) is 9.67. The van der Waals surface area contributed by atoms with E-state index in [1.165, 1.54) is 25.1 Å². The number of nitriles is 1. The summed E-state index contributed by atoms with van der Waals surface area (Å²) >= 11 is 7.30. The molecule has 3 heterocycles. The lowest BCUT2D eigenvalue weighted by Gasteiger charge is -2.47. The van der Waals surface area contributed by atoms with Gasteiger partial charge in [-0.1, -0.05) is 58.8 Å². The van der Waals surface area contributed by atoms with Gasteiger partial charge in [-0.2, -0.15) is 5.26 Å². The van der Waals surface area contributed by atoms with E-state index >= 15 is 0 Å². The van der Waals surface area contributed by atoms with Crippen LogP contribution in [0.2, 0.25) is 5.02 Å². The number of halogens is 1. The van der Waals surface area contributed by atoms with Crippen LogP contribution in [0.15, 0.2) is 52.6 Å². The zero-order valence-corrected chi connectivity index (χ0v) is 17.9. The summed E-state index contributed by atoms with van der Waals surface area (Å²) in [6.45, 7) is 0.244. The summed E-state index contributed by atoms with van der Waals surface area (Å²) in [4.78, 5) is 7.60. The van der Waals surface area contributed by atoms with Crippen molar-refractivity contribution >= 4 is 23.4 Å². The van der Waals surface area contributed by atoms with Gasteiger partial charge in [0.05, 0.1) is 17.7 Å². The molecule has 0 amide bonds. The third kappa shape index (κ3) is 4.63. The van der Waals surface area contributed by atoms with E-state index in [1.54, 1.807) is 6.07 Å². The molecule has 4 rings (SSSR count). The van der Waals surface area contributed by atoms with Crippen molar-refractivity contribution in [1.29, 1.82) is 5.26 Å². The molecule has 2 aliphatic rings. The van der Waals surface area contributed by atoms with Gasteiger partial charge in [-0.15, -0.1) is 0 Å². The largest absolute Gasteiger partial charge is 0.377 e. The average molecular weight is 460 g/mol. The minimum atomic E-state index is -0.668. The second-order valence-corrected chi connectivity index (χ2v) is 8.42. The number of aromatic nitrogens is 1. The van der Waals surface area contributed by atoms with Gasteiger partial charge in [0.2, 0.25) is 0 Å². The van der Waals surface area contributed by atoms with Gasteiger partial charge < -0.3 is 18.9 Å². The number of fused-ring (bicyclic) bond motifs is 1. The maximum Gasteiger partial charge on any atom is 0.184 e. The third-order valence-electron chi connectivity index (χ3n) is 5.01. The Labute approximate surface area is 187 Å². The molecule has 2 aromatic rings. The first-order valence-electron chi connectivity index (χ1n) is 9.41. The quantitative estimate of drug-likeness (QED) is 0.372. The predicted molar refractivity (Wildman–Crippen MR) is 112 cm³/mol. The molecule has 0 bridgehead atoms. The summed E-state index contributed by atoms with van der Waals surface area (Å²) in [5.74, 6) is 0. The zero-order valence-electron chi connectivity index (χ0n) is 16.4. The van der Waals surface area contributed by atoms with Crippen molar-refractivity contribution in [3.63, 3.8) is 0 Å². The molecular formula is C20H18ClN5O4S. The van der Waals surface area contributed by atoms with Crippen LogP contribution < -0.4 is 0 Å². The van der Waals surface area contributed by atoms with Crippen LogP contribution in [0.1, 0.15) is 17.5 Å². The smallest absolute Gasteiger partial charge is 0.184 e. The maximum absolute atomic E-state index is 9.38. The standard InChI is InChI=1S/C20H18ClN5O4S/c1-27-18-16(25-26-23)17-14(10-28-19(30-17)11-5-3-2-4-6-11)29-20(18)31-15-7-12(21)9-24-13(15)8-22/h2-7,9,14,16-20H,10H2,1H3/t14?,16?,17-,18?,19?,20+/m0/s1. The topological polar surface area (TPSA) is 122 Å². The Kier molecular flexibility index (Phi) is 6.95. The molecule has 0 radical (unpaired) electrons. The number of azide groups is 1. The van der Waals surface area contributed by atoms with E-state index in [2.05, 4.69) is 15.0 Å². The first-order chi connectivity index (χ1) is 15.1. The highest BCUT2D eigenvalue weighted by Crippen LogP contribution is 2.41. The molecule has 6 atom stereocenters. The van der Waals surface area contributed by atoms with Crippen LogP contribution in [-0.2, 0) is 18.9 Å². The molecular weight excluding hydrogens is 442 g/mol. The minimum Gasteiger partial charge on any atom is -0.377 e. The highest BCUT2D eigenvalue weighted by molar-refractivity contribution is 7.99. The Bertz CT molecular complexity index is 1020. The number of thioether (sulfide) groups is 1. The Morgan fingerprint density at radius 3 is 2.87 bits per heavy atom. The first-order valence-corrected chi connectivity index (χ1v) is 10.7. The molecule has 2 aliphatic heterocycles. The summed E-state index contributed by atoms with van der Waals surface area (Å²) in [6.07, 6.45) is -0.888. The monoisotopic (exact) mass is 459 g/mol. The first kappa shape index (κ1) is 21.9. The fourth-order valence-electron chi connectivity index (χ4n) is 3.60. The van der Waals surface area contributed by atoms with E-state index in [0.717, 1.165) is 5.56 Å². The van der Waals surface area contributed by atoms with Gasteiger partial charge in [-0.25, -0.2) is 4.98 Å². The molecule has 160 valence electrons. The summed E-state index contributed by atoms with van der Waals surface area (Å²) < 4.78 is 23.9. The van der Waals surface area contributed by atoms with Crippen LogP contribution in [0.5, 0.6) is 0 Å². The van der Waals surface area contributed by atoms with Crippen LogP contribution in [0.4, 0.5) is 0 Å². The molecule has 2 fully saturated rings. The average Bonchev–Trinajstić information content (AvgIpc) is 2.80. The Morgan fingerprint density at radius 2 is 2.16 bits per heavy atom. The Balaban J connectivity index is 1.60. The van der Waals surface area contributed by atoms with Crippen LogP contribution in [0, 0.1) is 11.3 Å². The molecule has 1 aromatic carbocycles. The maximum atomic E-state index is 9.38. The lowest BCUT2D eigenvalue weighted by atomic mass is 9.96. The van der Waals surface area contributed by atoms with Crippen molar-refractivity contribution in [1.82, 2.24) is 4.98 Å². The Morgan fingerprint density at radius 1 is 1.35 bits per heavy atom. The van der Waals surface area contributed by atoms with Gasteiger partial charge in [0.1, 0.15) is 29.8 Å². The van der Waals surface area contributed by atoms with Crippen LogP contribution in [0.3, 0.4) is 0 Å². The lowest BCUT2D eigenvalue weighted by Crippen LogP contribution is -2.60. The molecule has 9 nitrogen and oxygen atoms in total. The molecule has 1 aromatic heterocycles. The molecule has 0 saturated carbocycles. The molecule has 0 N–H and O–H groups in total. The molecule has 0 spiro atoms. The van der Waals surface area contributed by atoms with Crippen molar-refractivity contribution in [3.8, 4) is 6.07 Å². The number of pyridine rings is 1. The number of methoxy groups -OCH3 is 1. The van der Waals surface area contributed by atoms with Crippen molar-refractivity contribution in [2.45, 2.75) is 41.0 Å². The second-order valence-electron chi connectivity index (χ2n) is 6.85. The van der Waals surface area contributed by atoms with Crippen molar-refractivity contribution in [2.75, 3.05) is 13.7 Å². The van der Waals surface area contributed by atoms with Crippen molar-refractivity contribution in [2.24, 2.45) is 5.11 Å². The van der Waals surface area contributed by atoms with E-state index in [-0.39, 0.29) is 12.3 Å². The zero-order chi connectivity index (χ0) is 21.8. The molecule has 0 aliphatic carbocycles. The van der Waals surface area contributed by atoms with Crippen LogP contribution in [-0.4, -0.2) is 48.5 Å². The molecule has 4 unspecified atom stereocenters. The second kappa shape index (κ2) is 9.85. The van der Waals surface area contributed by atoms with Gasteiger partial charge in [-0.05, 0) is 11.6 Å². The van der Waals surface area contributed by atoms with Gasteiger partial charge in [0.15, 0.2) is 12.0 Å². The minimum absolute atomic E-state index is 0.218. The lowest BCUT2D eigenvalue weighted by molar-refractivity contribution is -0.298. The number of ether oxygens (including phenoxy) is 4. The summed E-state index contributed by atoms with van der Waals surface area (Å²) in [5, 5.41) is 13.7. The van der Waals surface area contributed by atoms with Gasteiger partial charge >= 0.3 is 0 Å². The molecule has 31 heavy (non-hydrogen) atoms. The normalized spacial score (nSPS) is 30.0. The predicted octanol–water partition coefficient (Wildman–Crippen LogP) is 4.23. The van der Waals surface area contributed by atoms with E-state index in [4.69, 9.17) is 30.5 Å². The van der Waals surface area contributed by atoms with Crippen molar-refractivity contribution < 1.29 is 18.9 Å². The number of hydrogen-bond acceptors (Lipinski definition) is 8. The van der Waals surface area contributed by atoms with Gasteiger partial charge in [0.25, 0.3) is 0 Å². The third-order valence-corrected chi connectivity index (χ3v) is 6.39. The van der Waals surface area contributed by atoms with E-state index in [1.807, 2.05) is 36.4 Å². The van der Waals surface area contributed by atoms with Crippen LogP contribution >= 0.6 is 23.4 Å². The molecule has 11 heteroatoms. The number of benzene rings is 1. The highest BCUT2D eigenvalue weighted by Gasteiger charge is 2.50. The summed E-state index contributed by atoms with van der Waals surface area (Å²) in [7, 11) is 1.51. The van der Waals surface area contributed by atoms with E-state index in [0.29, 0.717) is 9.92 Å². The molecule has 2 saturated heterocycles. The van der Waals surface area contributed by atoms with E-state index in [9.17, 15) is 10.8 Å². The summed E-state index contributed by atoms with van der Waals surface area (Å²) in [6, 6.07) is 12.5. The van der Waals surface area contributed by atoms with Crippen LogP contribution in [0.25, 0.3) is 10.4 Å². The van der Waals surface area contributed by atoms with Gasteiger partial charge in [-0.3, -0.25) is 0 Å². The van der Waals surface area contributed by atoms with E-state index < -0.39 is 36.1 Å². The Hall–Kier alpha value is -2.35. The van der Waals surface area contributed by atoms with Gasteiger partial charge in [0, 0.05) is 28.7 Å². The number of nitrogens with zero attached hydrogens (tertiary/aromatic N) is 5. The highest BCUT2D eigenvalue weighted by atomic mass is 35.5. The SMILES string of the molecule is COC1C(N=[N+]=[N-])[C@H]2OC(c3ccccc3)OCC2O[C@@H]1Sc1cc(Cl)cnc1C#N. The fraction of sp³-hybridized carbons (Fsp3) is 0.400. The van der Waals surface area contributed by atoms with Crippen molar-refractivity contribution in [3.05, 3.63) is 69.3 Å². The fourth-order valence-corrected chi connectivity index (χ4v) is 5.08.